The molecule has 2 N–H and O–H groups in total. The highest BCUT2D eigenvalue weighted by Gasteiger charge is 2.54. The fourth-order valence-corrected chi connectivity index (χ4v) is 7.21. The van der Waals surface area contributed by atoms with Crippen molar-refractivity contribution in [2.24, 2.45) is 5.92 Å². The average Bonchev–Trinajstić information content (AvgIpc) is 3.21. The molecule has 3 aliphatic rings. The SMILES string of the molecule is C[CH-]C(C)C(=O)O[C@@H]1[C@@H](O)[C@@H]2O[C@H]3[C@H](O[C@@H](CCCCC)CCCCCCC(=O)CCC(=O)OC[C@@H](O2)[C@H]1OC(=O)/C=C/c1ccccc1)O[C@H](C)[C@H](OC(C)=O)[C@@H]3O. The predicted molar refractivity (Wildman–Crippen MR) is 212 cm³/mol. The van der Waals surface area contributed by atoms with Gasteiger partial charge < -0.3 is 54.5 Å². The fraction of sp³-hybridized carbons (Fsp3) is 0.682. The lowest BCUT2D eigenvalue weighted by Gasteiger charge is -2.48. The zero-order valence-corrected chi connectivity index (χ0v) is 34.9. The van der Waals surface area contributed by atoms with E-state index in [2.05, 4.69) is 6.92 Å². The van der Waals surface area contributed by atoms with Crippen molar-refractivity contribution in [3.63, 3.8) is 0 Å². The van der Waals surface area contributed by atoms with Crippen molar-refractivity contribution in [1.29, 1.82) is 0 Å². The number of rotatable bonds is 11. The van der Waals surface area contributed by atoms with Gasteiger partial charge in [0.2, 0.25) is 0 Å². The van der Waals surface area contributed by atoms with Gasteiger partial charge in [-0.25, -0.2) is 4.79 Å². The molecule has 12 atom stereocenters. The maximum Gasteiger partial charge on any atom is 0.331 e. The lowest BCUT2D eigenvalue weighted by molar-refractivity contribution is -0.369. The monoisotopic (exact) mass is 831 g/mol. The Kier molecular flexibility index (Phi) is 19.9. The van der Waals surface area contributed by atoms with E-state index in [-0.39, 0.29) is 24.7 Å². The summed E-state index contributed by atoms with van der Waals surface area (Å²) in [5, 5.41) is 23.8. The molecule has 1 aromatic rings. The summed E-state index contributed by atoms with van der Waals surface area (Å²) in [6.07, 6.45) is -3.22. The van der Waals surface area contributed by atoms with Crippen molar-refractivity contribution in [1.82, 2.24) is 0 Å². The molecule has 4 rings (SSSR count). The summed E-state index contributed by atoms with van der Waals surface area (Å²) in [5.74, 6) is -3.88. The van der Waals surface area contributed by atoms with Crippen LogP contribution in [0.5, 0.6) is 0 Å². The highest BCUT2D eigenvalue weighted by Crippen LogP contribution is 2.34. The molecule has 1 unspecified atom stereocenters. The normalized spacial score (nSPS) is 32.2. The smallest absolute Gasteiger partial charge is 0.331 e. The van der Waals surface area contributed by atoms with Gasteiger partial charge in [-0.1, -0.05) is 88.6 Å². The molecule has 3 heterocycles. The van der Waals surface area contributed by atoms with Gasteiger partial charge in [0.1, 0.15) is 36.8 Å². The van der Waals surface area contributed by atoms with Crippen LogP contribution in [0.3, 0.4) is 0 Å². The molecule has 0 radical (unpaired) electrons. The number of esters is 4. The van der Waals surface area contributed by atoms with Crippen LogP contribution in [0, 0.1) is 12.3 Å². The number of carbonyl (C=O) groups is 5. The van der Waals surface area contributed by atoms with Crippen LogP contribution < -0.4 is 0 Å². The highest BCUT2D eigenvalue weighted by atomic mass is 16.8. The van der Waals surface area contributed by atoms with Crippen molar-refractivity contribution < 1.29 is 72.1 Å². The number of Topliss-reactive ketones (excluding diaryl/α,β-unsaturated/α-hetero) is 1. The summed E-state index contributed by atoms with van der Waals surface area (Å²) >= 11 is 0. The van der Waals surface area contributed by atoms with Gasteiger partial charge in [0, 0.05) is 25.8 Å². The molecular weight excluding hydrogens is 768 g/mol. The Balaban J connectivity index is 1.74. The minimum absolute atomic E-state index is 0.0284. The quantitative estimate of drug-likeness (QED) is 0.0980. The van der Waals surface area contributed by atoms with Crippen LogP contribution >= 0.6 is 0 Å². The number of ether oxygens (including phenoxy) is 8. The molecule has 0 aliphatic carbocycles. The molecule has 15 heteroatoms. The molecule has 3 saturated heterocycles. The van der Waals surface area contributed by atoms with Crippen molar-refractivity contribution >= 4 is 35.7 Å². The van der Waals surface area contributed by atoms with Gasteiger partial charge >= 0.3 is 17.9 Å². The van der Waals surface area contributed by atoms with Crippen molar-refractivity contribution in [2.45, 2.75) is 179 Å². The summed E-state index contributed by atoms with van der Waals surface area (Å²) in [7, 11) is 0. The fourth-order valence-electron chi connectivity index (χ4n) is 7.21. The molecule has 0 spiro atoms. The lowest BCUT2D eigenvalue weighted by Crippen LogP contribution is -2.66. The van der Waals surface area contributed by atoms with E-state index in [4.69, 9.17) is 37.9 Å². The summed E-state index contributed by atoms with van der Waals surface area (Å²) < 4.78 is 48.1. The second-order valence-corrected chi connectivity index (χ2v) is 15.5. The zero-order chi connectivity index (χ0) is 42.9. The van der Waals surface area contributed by atoms with Crippen molar-refractivity contribution in [2.75, 3.05) is 6.61 Å². The Labute approximate surface area is 347 Å². The molecule has 59 heavy (non-hydrogen) atoms. The van der Waals surface area contributed by atoms with Crippen LogP contribution in [0.15, 0.2) is 36.4 Å². The number of aliphatic hydroxyl groups excluding tert-OH is 2. The Morgan fingerprint density at radius 3 is 2.32 bits per heavy atom. The average molecular weight is 832 g/mol. The molecule has 0 amide bonds. The van der Waals surface area contributed by atoms with Crippen LogP contribution in [-0.2, 0) is 61.9 Å². The van der Waals surface area contributed by atoms with E-state index >= 15 is 0 Å². The van der Waals surface area contributed by atoms with Crippen LogP contribution in [0.25, 0.3) is 6.08 Å². The first-order chi connectivity index (χ1) is 28.3. The number of carbonyl (C=O) groups excluding carboxylic acids is 5. The Hall–Kier alpha value is -3.73. The van der Waals surface area contributed by atoms with E-state index in [1.165, 1.54) is 13.0 Å². The second kappa shape index (κ2) is 24.5. The lowest BCUT2D eigenvalue weighted by atomic mass is 9.96. The first-order valence-corrected chi connectivity index (χ1v) is 21.1. The minimum atomic E-state index is -1.86. The van der Waals surface area contributed by atoms with Crippen LogP contribution in [0.1, 0.15) is 117 Å². The zero-order valence-electron chi connectivity index (χ0n) is 34.9. The van der Waals surface area contributed by atoms with E-state index < -0.39 is 97.8 Å². The number of hydrogen-bond donors (Lipinski definition) is 2. The number of aliphatic hydroxyl groups is 2. The first kappa shape index (κ1) is 47.9. The van der Waals surface area contributed by atoms with Crippen molar-refractivity contribution in [3.05, 3.63) is 48.4 Å². The Bertz CT molecular complexity index is 1520. The van der Waals surface area contributed by atoms with Gasteiger partial charge in [-0.05, 0) is 37.8 Å². The molecule has 3 aliphatic heterocycles. The third-order valence-corrected chi connectivity index (χ3v) is 10.8. The maximum absolute atomic E-state index is 13.4. The van der Waals surface area contributed by atoms with Gasteiger partial charge in [-0.15, -0.1) is 0 Å². The predicted octanol–water partition coefficient (Wildman–Crippen LogP) is 5.10. The van der Waals surface area contributed by atoms with E-state index in [1.807, 2.05) is 6.07 Å². The van der Waals surface area contributed by atoms with E-state index in [9.17, 15) is 34.2 Å². The molecular formula is C44H63O15-. The standard InChI is InChI=1S/C44H63O15/c1-6-8-12-20-32-21-16-10-9-15-19-31(46)23-25-34(47)52-26-33-39(57-35(48)24-22-30-17-13-11-14-18-30)40(58-42(51)27(3)7-2)37(50)43(56-33)59-41-36(49)38(54-29(5)45)28(4)53-44(41)55-32/h7,11,13-14,17-18,22,24,27-28,32-33,36-41,43-44,49-50H,6,8-10,12,15-16,19-21,23,25-26H2,1-5H3/q-1/b24-22+/t27?,28-,32+,33-,36+,37-,38+,39-,40-,41-,43+,44+/m1/s1. The number of cyclic esters (lactones) is 1. The van der Waals surface area contributed by atoms with Crippen LogP contribution in [-0.4, -0.2) is 114 Å². The summed E-state index contributed by atoms with van der Waals surface area (Å²) in [6.45, 7) is 7.58. The molecule has 15 nitrogen and oxygen atoms in total. The molecule has 0 saturated carbocycles. The van der Waals surface area contributed by atoms with E-state index in [0.717, 1.165) is 44.6 Å². The van der Waals surface area contributed by atoms with Gasteiger partial charge in [-0.3, -0.25) is 19.2 Å². The molecule has 0 aromatic heterocycles. The molecule has 2 bridgehead atoms. The minimum Gasteiger partial charge on any atom is -0.463 e. The number of benzene rings is 1. The third-order valence-electron chi connectivity index (χ3n) is 10.8. The largest absolute Gasteiger partial charge is 0.463 e. The van der Waals surface area contributed by atoms with E-state index in [0.29, 0.717) is 31.2 Å². The van der Waals surface area contributed by atoms with Crippen LogP contribution in [0.4, 0.5) is 0 Å². The number of ketones is 1. The number of fused-ring (bicyclic) bond motifs is 3. The van der Waals surface area contributed by atoms with Crippen molar-refractivity contribution in [3.8, 4) is 0 Å². The topological polar surface area (TPSA) is 200 Å². The molecule has 330 valence electrons. The van der Waals surface area contributed by atoms with Gasteiger partial charge in [0.05, 0.1) is 18.6 Å². The van der Waals surface area contributed by atoms with Gasteiger partial charge in [-0.2, -0.15) is 6.92 Å². The van der Waals surface area contributed by atoms with Crippen LogP contribution in [0.2, 0.25) is 0 Å². The molecule has 1 aromatic carbocycles. The number of hydrogen-bond acceptors (Lipinski definition) is 15. The summed E-state index contributed by atoms with van der Waals surface area (Å²) in [6, 6.07) is 8.93. The van der Waals surface area contributed by atoms with Gasteiger partial charge in [0.25, 0.3) is 5.97 Å². The highest BCUT2D eigenvalue weighted by molar-refractivity contribution is 5.87. The molecule has 3 fully saturated rings. The summed E-state index contributed by atoms with van der Waals surface area (Å²) in [4.78, 5) is 64.5. The van der Waals surface area contributed by atoms with Gasteiger partial charge in [0.15, 0.2) is 30.9 Å². The summed E-state index contributed by atoms with van der Waals surface area (Å²) in [5.41, 5.74) is 0.693. The third kappa shape index (κ3) is 15.0. The first-order valence-electron chi connectivity index (χ1n) is 21.1. The second-order valence-electron chi connectivity index (χ2n) is 15.5. The Morgan fingerprint density at radius 1 is 0.864 bits per heavy atom. The Morgan fingerprint density at radius 2 is 1.61 bits per heavy atom. The number of unbranched alkanes of at least 4 members (excludes halogenated alkanes) is 2. The van der Waals surface area contributed by atoms with E-state index in [1.54, 1.807) is 51.5 Å². The maximum atomic E-state index is 13.4.